The molecule has 166 valence electrons. The Hall–Kier alpha value is -3.28. The Labute approximate surface area is 195 Å². The first-order valence-electron chi connectivity index (χ1n) is 9.33. The highest BCUT2D eigenvalue weighted by Crippen LogP contribution is 2.42. The highest BCUT2D eigenvalue weighted by atomic mass is 127. The topological polar surface area (TPSA) is 130 Å². The lowest BCUT2D eigenvalue weighted by atomic mass is 9.76. The Kier molecular flexibility index (Phi) is 6.35. The van der Waals surface area contributed by atoms with Crippen LogP contribution in [-0.2, 0) is 9.59 Å². The van der Waals surface area contributed by atoms with Crippen molar-refractivity contribution in [2.45, 2.75) is 20.3 Å². The van der Waals surface area contributed by atoms with Crippen molar-refractivity contribution in [1.82, 2.24) is 0 Å². The average molecular weight is 552 g/mol. The number of hydrogen-bond donors (Lipinski definition) is 3. The molecule has 1 unspecified atom stereocenters. The van der Waals surface area contributed by atoms with Crippen LogP contribution in [0.2, 0.25) is 0 Å². The Morgan fingerprint density at radius 3 is 2.47 bits per heavy atom. The van der Waals surface area contributed by atoms with Gasteiger partial charge in [-0.25, -0.2) is 4.79 Å². The number of benzene rings is 2. The van der Waals surface area contributed by atoms with Gasteiger partial charge in [0.25, 0.3) is 0 Å². The third kappa shape index (κ3) is 4.49. The third-order valence-electron chi connectivity index (χ3n) is 5.27. The minimum Gasteiger partial charge on any atom is -0.481 e. The largest absolute Gasteiger partial charge is 0.481 e. The van der Waals surface area contributed by atoms with E-state index < -0.39 is 33.8 Å². The molecule has 0 saturated heterocycles. The van der Waals surface area contributed by atoms with Crippen LogP contribution in [0, 0.1) is 31.8 Å². The van der Waals surface area contributed by atoms with Gasteiger partial charge in [0, 0.05) is 38.2 Å². The zero-order valence-corrected chi connectivity index (χ0v) is 19.1. The molecule has 0 bridgehead atoms. The first kappa shape index (κ1) is 23.4. The van der Waals surface area contributed by atoms with Crippen LogP contribution >= 0.6 is 22.6 Å². The van der Waals surface area contributed by atoms with E-state index in [1.54, 1.807) is 6.07 Å². The molecule has 3 N–H and O–H groups in total. The highest BCUT2D eigenvalue weighted by Gasteiger charge is 2.37. The molecule has 8 nitrogen and oxygen atoms in total. The van der Waals surface area contributed by atoms with E-state index in [1.807, 2.05) is 19.1 Å². The zero-order valence-electron chi connectivity index (χ0n) is 17.0. The van der Waals surface area contributed by atoms with Gasteiger partial charge in [-0.3, -0.25) is 14.9 Å². The molecule has 0 aliphatic heterocycles. The van der Waals surface area contributed by atoms with Crippen molar-refractivity contribution < 1.29 is 29.1 Å². The average Bonchev–Trinajstić information content (AvgIpc) is 2.70. The summed E-state index contributed by atoms with van der Waals surface area (Å²) >= 11 is 2.14. The molecule has 0 saturated carbocycles. The van der Waals surface area contributed by atoms with Gasteiger partial charge < -0.3 is 15.5 Å². The summed E-state index contributed by atoms with van der Waals surface area (Å²) in [6.45, 7) is 3.21. The van der Waals surface area contributed by atoms with Gasteiger partial charge in [0.1, 0.15) is 0 Å². The molecule has 1 aliphatic rings. The number of nitrogens with zero attached hydrogens (tertiary/aromatic N) is 1. The second kappa shape index (κ2) is 8.69. The summed E-state index contributed by atoms with van der Waals surface area (Å²) in [5.74, 6) is -3.65. The molecule has 2 aromatic rings. The van der Waals surface area contributed by atoms with Crippen molar-refractivity contribution in [3.8, 4) is 0 Å². The van der Waals surface area contributed by atoms with Crippen molar-refractivity contribution in [3.05, 3.63) is 78.7 Å². The smallest absolute Gasteiger partial charge is 0.332 e. The molecule has 0 aromatic heterocycles. The zero-order chi connectivity index (χ0) is 23.8. The van der Waals surface area contributed by atoms with E-state index in [2.05, 4.69) is 27.9 Å². The maximum Gasteiger partial charge on any atom is 0.332 e. The van der Waals surface area contributed by atoms with Crippen molar-refractivity contribution >= 4 is 57.2 Å². The number of anilines is 2. The highest BCUT2D eigenvalue weighted by molar-refractivity contribution is 14.1. The number of carboxylic acids is 2. The normalized spacial score (nSPS) is 17.9. The predicted octanol–water partition coefficient (Wildman–Crippen LogP) is 5.28. The van der Waals surface area contributed by atoms with E-state index in [4.69, 9.17) is 0 Å². The number of carbonyl (C=O) groups is 2. The summed E-state index contributed by atoms with van der Waals surface area (Å²) < 4.78 is 15.5. The second-order valence-electron chi connectivity index (χ2n) is 7.62. The second-order valence-corrected chi connectivity index (χ2v) is 8.87. The number of rotatable bonds is 6. The van der Waals surface area contributed by atoms with E-state index in [9.17, 15) is 34.3 Å². The molecule has 0 fully saturated rings. The molecule has 1 atom stereocenters. The van der Waals surface area contributed by atoms with Crippen molar-refractivity contribution in [2.75, 3.05) is 5.32 Å². The number of hydrogen-bond acceptors (Lipinski definition) is 5. The Morgan fingerprint density at radius 1 is 1.22 bits per heavy atom. The number of carboxylic acid groups (broad SMARTS) is 2. The molecule has 0 amide bonds. The molecule has 0 radical (unpaired) electrons. The van der Waals surface area contributed by atoms with Gasteiger partial charge in [-0.1, -0.05) is 12.2 Å². The van der Waals surface area contributed by atoms with Crippen molar-refractivity contribution in [1.29, 1.82) is 0 Å². The predicted molar refractivity (Wildman–Crippen MR) is 124 cm³/mol. The minimum absolute atomic E-state index is 0.0741. The first-order valence-corrected chi connectivity index (χ1v) is 10.4. The molecule has 2 aromatic carbocycles. The number of aliphatic carboxylic acids is 2. The lowest BCUT2D eigenvalue weighted by Gasteiger charge is -2.27. The van der Waals surface area contributed by atoms with Gasteiger partial charge in [0.2, 0.25) is 5.82 Å². The fourth-order valence-electron chi connectivity index (χ4n) is 3.42. The fraction of sp³-hybridized carbons (Fsp3) is 0.182. The van der Waals surface area contributed by atoms with Crippen LogP contribution in [0.3, 0.4) is 0 Å². The van der Waals surface area contributed by atoms with E-state index >= 15 is 0 Å². The molecule has 1 aliphatic carbocycles. The number of halogens is 2. The van der Waals surface area contributed by atoms with Crippen LogP contribution in [0.1, 0.15) is 24.5 Å². The first-order chi connectivity index (χ1) is 14.9. The molecule has 0 heterocycles. The SMILES string of the molecule is Cc1cc(I)ccc1Nc1cc(F)c([N+](=O)[O-])cc1C1=C(C(=O)O)CC(C)(C(=O)O)C=C1. The summed E-state index contributed by atoms with van der Waals surface area (Å²) in [4.78, 5) is 34.1. The molecule has 10 heteroatoms. The third-order valence-corrected chi connectivity index (χ3v) is 5.94. The number of nitrogens with one attached hydrogen (secondary N) is 1. The van der Waals surface area contributed by atoms with Crippen LogP contribution in [0.4, 0.5) is 21.5 Å². The summed E-state index contributed by atoms with van der Waals surface area (Å²) in [7, 11) is 0. The van der Waals surface area contributed by atoms with E-state index in [-0.39, 0.29) is 28.8 Å². The van der Waals surface area contributed by atoms with Gasteiger partial charge in [0.05, 0.1) is 10.3 Å². The maximum atomic E-state index is 14.5. The van der Waals surface area contributed by atoms with Crippen molar-refractivity contribution in [3.63, 3.8) is 0 Å². The molecule has 32 heavy (non-hydrogen) atoms. The quantitative estimate of drug-likeness (QED) is 0.253. The number of nitro benzene ring substituents is 1. The lowest BCUT2D eigenvalue weighted by molar-refractivity contribution is -0.387. The van der Waals surface area contributed by atoms with Gasteiger partial charge in [-0.15, -0.1) is 0 Å². The van der Waals surface area contributed by atoms with E-state index in [1.165, 1.54) is 19.1 Å². The number of allylic oxidation sites excluding steroid dienone is 2. The van der Waals surface area contributed by atoms with E-state index in [0.29, 0.717) is 5.69 Å². The Balaban J connectivity index is 2.24. The maximum absolute atomic E-state index is 14.5. The Morgan fingerprint density at radius 2 is 1.91 bits per heavy atom. The Bertz CT molecular complexity index is 1220. The standard InChI is InChI=1S/C22H18FIN2O6/c1-11-7-12(24)3-4-17(11)25-18-9-16(23)19(26(31)32)8-14(18)13-5-6-22(2,21(29)30)10-15(13)20(27)28/h3-9,25H,10H2,1-2H3,(H,27,28)(H,29,30). The summed E-state index contributed by atoms with van der Waals surface area (Å²) in [6, 6.07) is 7.36. The molecular formula is C22H18FIN2O6. The van der Waals surface area contributed by atoms with Gasteiger partial charge in [0.15, 0.2) is 0 Å². The summed E-state index contributed by atoms with van der Waals surface area (Å²) in [5, 5.41) is 33.6. The van der Waals surface area contributed by atoms with Gasteiger partial charge >= 0.3 is 17.6 Å². The van der Waals surface area contributed by atoms with Crippen LogP contribution < -0.4 is 5.32 Å². The number of aryl methyl sites for hydroxylation is 1. The van der Waals surface area contributed by atoms with Crippen LogP contribution in [0.15, 0.2) is 48.1 Å². The van der Waals surface area contributed by atoms with Crippen LogP contribution in [0.5, 0.6) is 0 Å². The summed E-state index contributed by atoms with van der Waals surface area (Å²) in [6.07, 6.45) is 2.31. The van der Waals surface area contributed by atoms with Gasteiger partial charge in [-0.05, 0) is 72.2 Å². The van der Waals surface area contributed by atoms with Crippen molar-refractivity contribution in [2.24, 2.45) is 5.41 Å². The van der Waals surface area contributed by atoms with Gasteiger partial charge in [-0.2, -0.15) is 4.39 Å². The summed E-state index contributed by atoms with van der Waals surface area (Å²) in [5.41, 5.74) is -0.803. The fourth-order valence-corrected chi connectivity index (χ4v) is 4.07. The van der Waals surface area contributed by atoms with Crippen LogP contribution in [-0.4, -0.2) is 27.1 Å². The minimum atomic E-state index is -1.45. The molecule has 0 spiro atoms. The van der Waals surface area contributed by atoms with Crippen LogP contribution in [0.25, 0.3) is 5.57 Å². The monoisotopic (exact) mass is 552 g/mol. The lowest BCUT2D eigenvalue weighted by Crippen LogP contribution is -2.29. The molecule has 3 rings (SSSR count). The van der Waals surface area contributed by atoms with E-state index in [0.717, 1.165) is 21.3 Å². The number of nitro groups is 1. The molecular weight excluding hydrogens is 534 g/mol.